The molecule has 0 unspecified atom stereocenters. The van der Waals surface area contributed by atoms with Gasteiger partial charge in [-0.05, 0) is 44.9 Å². The van der Waals surface area contributed by atoms with Crippen molar-refractivity contribution in [3.8, 4) is 16.2 Å². The molecule has 1 N–H and O–H groups in total. The number of aromatic nitrogens is 1. The molecule has 27 heavy (non-hydrogen) atoms. The molecule has 0 amide bonds. The molecule has 0 spiro atoms. The third-order valence-electron chi connectivity index (χ3n) is 4.09. The molecule has 4 nitrogen and oxygen atoms in total. The van der Waals surface area contributed by atoms with Crippen molar-refractivity contribution >= 4 is 17.2 Å². The maximum Gasteiger partial charge on any atom is 0.285 e. The van der Waals surface area contributed by atoms with Crippen LogP contribution in [0.4, 0.5) is 5.69 Å². The number of anilines is 1. The molecule has 2 aromatic carbocycles. The summed E-state index contributed by atoms with van der Waals surface area (Å²) < 4.78 is 7.57. The van der Waals surface area contributed by atoms with Crippen molar-refractivity contribution in [3.05, 3.63) is 71.0 Å². The summed E-state index contributed by atoms with van der Waals surface area (Å²) in [6, 6.07) is 19.8. The van der Waals surface area contributed by atoms with Gasteiger partial charge in [-0.3, -0.25) is 8.75 Å². The Labute approximate surface area is 164 Å². The van der Waals surface area contributed by atoms with E-state index in [-0.39, 0.29) is 11.1 Å². The number of hydrogen-bond donors (Lipinski definition) is 1. The van der Waals surface area contributed by atoms with Crippen molar-refractivity contribution in [2.45, 2.75) is 32.7 Å². The van der Waals surface area contributed by atoms with Gasteiger partial charge in [0.2, 0.25) is 0 Å². The fraction of sp³-hybridized carbons (Fsp3) is 0.318. The second-order valence-corrected chi connectivity index (χ2v) is 8.33. The van der Waals surface area contributed by atoms with E-state index < -0.39 is 0 Å². The molecule has 5 heteroatoms. The Bertz CT molecular complexity index is 909. The van der Waals surface area contributed by atoms with Crippen LogP contribution in [0.15, 0.2) is 65.5 Å². The van der Waals surface area contributed by atoms with Gasteiger partial charge in [-0.1, -0.05) is 60.1 Å². The first-order chi connectivity index (χ1) is 13.0. The molecule has 0 bridgehead atoms. The summed E-state index contributed by atoms with van der Waals surface area (Å²) >= 11 is 1.52. The van der Waals surface area contributed by atoms with Gasteiger partial charge in [0, 0.05) is 6.54 Å². The van der Waals surface area contributed by atoms with Gasteiger partial charge in [0.1, 0.15) is 11.4 Å². The molecule has 0 atom stereocenters. The summed E-state index contributed by atoms with van der Waals surface area (Å²) in [4.78, 5) is 14.0. The lowest BCUT2D eigenvalue weighted by atomic mass is 10.1. The molecular formula is C22H26N2O2S. The highest BCUT2D eigenvalue weighted by molar-refractivity contribution is 7.11. The van der Waals surface area contributed by atoms with Crippen LogP contribution in [0, 0.1) is 0 Å². The number of nitrogens with zero attached hydrogens (tertiary/aromatic N) is 1. The average Bonchev–Trinajstić information content (AvgIpc) is 3.00. The van der Waals surface area contributed by atoms with Crippen LogP contribution in [-0.4, -0.2) is 17.1 Å². The normalized spacial score (nSPS) is 11.4. The Morgan fingerprint density at radius 1 is 1.00 bits per heavy atom. The van der Waals surface area contributed by atoms with Crippen LogP contribution in [-0.2, 0) is 5.54 Å². The predicted octanol–water partition coefficient (Wildman–Crippen LogP) is 5.21. The van der Waals surface area contributed by atoms with Gasteiger partial charge in [0.05, 0.1) is 17.0 Å². The van der Waals surface area contributed by atoms with E-state index in [9.17, 15) is 4.79 Å². The number of hydrogen-bond acceptors (Lipinski definition) is 4. The molecule has 0 aliphatic rings. The monoisotopic (exact) mass is 382 g/mol. The predicted molar refractivity (Wildman–Crippen MR) is 114 cm³/mol. The summed E-state index contributed by atoms with van der Waals surface area (Å²) in [7, 11) is 0. The first-order valence-corrected chi connectivity index (χ1v) is 9.98. The van der Waals surface area contributed by atoms with E-state index in [0.717, 1.165) is 22.6 Å². The number of para-hydroxylation sites is 1. The molecule has 0 radical (unpaired) electrons. The van der Waals surface area contributed by atoms with E-state index in [1.54, 1.807) is 0 Å². The zero-order chi connectivity index (χ0) is 19.3. The van der Waals surface area contributed by atoms with Crippen LogP contribution >= 0.6 is 11.5 Å². The molecular weight excluding hydrogens is 356 g/mol. The minimum absolute atomic E-state index is 0.0373. The molecule has 142 valence electrons. The molecule has 0 aliphatic heterocycles. The van der Waals surface area contributed by atoms with Crippen LogP contribution in [0.5, 0.6) is 5.75 Å². The van der Waals surface area contributed by atoms with Crippen molar-refractivity contribution < 1.29 is 4.74 Å². The second-order valence-electron chi connectivity index (χ2n) is 7.37. The van der Waals surface area contributed by atoms with Gasteiger partial charge >= 0.3 is 0 Å². The number of rotatable bonds is 7. The Morgan fingerprint density at radius 2 is 1.63 bits per heavy atom. The first-order valence-electron chi connectivity index (χ1n) is 9.21. The number of nitrogens with one attached hydrogen (secondary N) is 1. The lowest BCUT2D eigenvalue weighted by Crippen LogP contribution is -2.30. The largest absolute Gasteiger partial charge is 0.494 e. The van der Waals surface area contributed by atoms with Gasteiger partial charge in [0.25, 0.3) is 5.56 Å². The van der Waals surface area contributed by atoms with Crippen LogP contribution in [0.2, 0.25) is 0 Å². The van der Waals surface area contributed by atoms with E-state index in [2.05, 4.69) is 26.1 Å². The van der Waals surface area contributed by atoms with E-state index >= 15 is 0 Å². The molecule has 0 saturated carbocycles. The maximum absolute atomic E-state index is 13.0. The van der Waals surface area contributed by atoms with Crippen molar-refractivity contribution in [1.82, 2.24) is 3.96 Å². The topological polar surface area (TPSA) is 43.3 Å². The van der Waals surface area contributed by atoms with Crippen molar-refractivity contribution in [3.63, 3.8) is 0 Å². The number of benzene rings is 2. The van der Waals surface area contributed by atoms with Crippen molar-refractivity contribution in [2.24, 2.45) is 0 Å². The van der Waals surface area contributed by atoms with Gasteiger partial charge in [0.15, 0.2) is 0 Å². The Kier molecular flexibility index (Phi) is 6.01. The van der Waals surface area contributed by atoms with E-state index in [1.807, 2.05) is 64.6 Å². The van der Waals surface area contributed by atoms with E-state index in [1.165, 1.54) is 11.5 Å². The fourth-order valence-electron chi connectivity index (χ4n) is 2.75. The highest BCUT2D eigenvalue weighted by atomic mass is 32.1. The van der Waals surface area contributed by atoms with Crippen LogP contribution < -0.4 is 15.6 Å². The smallest absolute Gasteiger partial charge is 0.285 e. The van der Waals surface area contributed by atoms with Gasteiger partial charge < -0.3 is 10.1 Å². The van der Waals surface area contributed by atoms with Gasteiger partial charge in [-0.15, -0.1) is 0 Å². The third kappa shape index (κ3) is 4.80. The Hall–Kier alpha value is -2.53. The lowest BCUT2D eigenvalue weighted by molar-refractivity contribution is 0.315. The third-order valence-corrected chi connectivity index (χ3v) is 5.61. The summed E-state index contributed by atoms with van der Waals surface area (Å²) in [6.07, 6.45) is 0.813. The molecule has 3 aromatic rings. The fourth-order valence-corrected chi connectivity index (χ4v) is 3.88. The zero-order valence-electron chi connectivity index (χ0n) is 16.1. The summed E-state index contributed by atoms with van der Waals surface area (Å²) in [6.45, 7) is 7.45. The second kappa shape index (κ2) is 8.44. The minimum atomic E-state index is -0.248. The van der Waals surface area contributed by atoms with Crippen molar-refractivity contribution in [1.29, 1.82) is 0 Å². The molecule has 3 rings (SSSR count). The van der Waals surface area contributed by atoms with Crippen LogP contribution in [0.25, 0.3) is 10.4 Å². The zero-order valence-corrected chi connectivity index (χ0v) is 16.9. The van der Waals surface area contributed by atoms with E-state index in [4.69, 9.17) is 4.74 Å². The highest BCUT2D eigenvalue weighted by Gasteiger charge is 2.23. The SMILES string of the molecule is CC(C)(C)n1sc(-c2ccccc2)c(NCCCOc2ccccc2)c1=O. The Balaban J connectivity index is 1.72. The van der Waals surface area contributed by atoms with Crippen LogP contribution in [0.1, 0.15) is 27.2 Å². The standard InChI is InChI=1S/C22H26N2O2S/c1-22(2,3)24-21(25)19(20(27-24)17-11-6-4-7-12-17)23-15-10-16-26-18-13-8-5-9-14-18/h4-9,11-14,23H,10,15-16H2,1-3H3. The molecule has 1 aromatic heterocycles. The summed E-state index contributed by atoms with van der Waals surface area (Å²) in [5, 5.41) is 3.36. The maximum atomic E-state index is 13.0. The summed E-state index contributed by atoms with van der Waals surface area (Å²) in [5.41, 5.74) is 1.53. The molecule has 1 heterocycles. The van der Waals surface area contributed by atoms with E-state index in [0.29, 0.717) is 18.8 Å². The first kappa shape index (κ1) is 19.2. The molecule has 0 fully saturated rings. The van der Waals surface area contributed by atoms with Crippen LogP contribution in [0.3, 0.4) is 0 Å². The average molecular weight is 383 g/mol. The molecule has 0 aliphatic carbocycles. The summed E-state index contributed by atoms with van der Waals surface area (Å²) in [5.74, 6) is 0.869. The molecule has 0 saturated heterocycles. The van der Waals surface area contributed by atoms with Gasteiger partial charge in [-0.25, -0.2) is 0 Å². The number of ether oxygens (including phenoxy) is 1. The van der Waals surface area contributed by atoms with Crippen molar-refractivity contribution in [2.75, 3.05) is 18.5 Å². The quantitative estimate of drug-likeness (QED) is 0.570. The minimum Gasteiger partial charge on any atom is -0.494 e. The lowest BCUT2D eigenvalue weighted by Gasteiger charge is -2.18. The van der Waals surface area contributed by atoms with Gasteiger partial charge in [-0.2, -0.15) is 0 Å². The highest BCUT2D eigenvalue weighted by Crippen LogP contribution is 2.33. The Morgan fingerprint density at radius 3 is 2.26 bits per heavy atom.